The number of benzene rings is 1. The number of nitrogens with one attached hydrogen (secondary N) is 2. The first kappa shape index (κ1) is 22.7. The average Bonchev–Trinajstić information content (AvgIpc) is 2.76. The van der Waals surface area contributed by atoms with Gasteiger partial charge in [0.15, 0.2) is 0 Å². The molecular formula is C21H31N3O5. The molecule has 1 unspecified atom stereocenters. The van der Waals surface area contributed by atoms with E-state index in [0.29, 0.717) is 43.8 Å². The van der Waals surface area contributed by atoms with Crippen molar-refractivity contribution in [1.29, 1.82) is 0 Å². The minimum atomic E-state index is -0.653. The Labute approximate surface area is 171 Å². The topological polar surface area (TPSA) is 97.0 Å². The molecule has 3 amide bonds. The lowest BCUT2D eigenvalue weighted by atomic mass is 9.88. The van der Waals surface area contributed by atoms with Crippen LogP contribution in [-0.2, 0) is 14.3 Å². The number of nitrogens with zero attached hydrogens (tertiary/aromatic N) is 1. The van der Waals surface area contributed by atoms with Crippen molar-refractivity contribution in [3.63, 3.8) is 0 Å². The Morgan fingerprint density at radius 1 is 1.21 bits per heavy atom. The van der Waals surface area contributed by atoms with E-state index >= 15 is 0 Å². The van der Waals surface area contributed by atoms with Gasteiger partial charge in [0.25, 0.3) is 5.91 Å². The summed E-state index contributed by atoms with van der Waals surface area (Å²) in [6, 6.07) is 6.17. The van der Waals surface area contributed by atoms with Gasteiger partial charge >= 0.3 is 0 Å². The highest BCUT2D eigenvalue weighted by molar-refractivity contribution is 5.98. The van der Waals surface area contributed by atoms with E-state index in [9.17, 15) is 14.4 Å². The quantitative estimate of drug-likeness (QED) is 0.644. The zero-order valence-corrected chi connectivity index (χ0v) is 17.4. The molecule has 160 valence electrons. The number of ether oxygens (including phenoxy) is 2. The number of piperidine rings is 1. The normalized spacial score (nSPS) is 15.5. The zero-order valence-electron chi connectivity index (χ0n) is 17.4. The maximum Gasteiger partial charge on any atom is 0.252 e. The van der Waals surface area contributed by atoms with Crippen LogP contribution in [0.3, 0.4) is 0 Å². The van der Waals surface area contributed by atoms with E-state index in [4.69, 9.17) is 9.47 Å². The smallest absolute Gasteiger partial charge is 0.252 e. The van der Waals surface area contributed by atoms with Crippen LogP contribution in [0.2, 0.25) is 0 Å². The molecule has 0 radical (unpaired) electrons. The van der Waals surface area contributed by atoms with E-state index in [1.54, 1.807) is 29.2 Å². The largest absolute Gasteiger partial charge is 0.497 e. The zero-order chi connectivity index (χ0) is 21.2. The van der Waals surface area contributed by atoms with E-state index in [2.05, 4.69) is 10.6 Å². The second-order valence-electron chi connectivity index (χ2n) is 7.13. The lowest BCUT2D eigenvalue weighted by molar-refractivity contribution is -0.136. The maximum atomic E-state index is 12.8. The molecular weight excluding hydrogens is 374 g/mol. The fourth-order valence-electron chi connectivity index (χ4n) is 3.44. The number of hydrogen-bond acceptors (Lipinski definition) is 5. The summed E-state index contributed by atoms with van der Waals surface area (Å²) in [6.07, 6.45) is 2.09. The first-order valence-electron chi connectivity index (χ1n) is 9.99. The molecule has 29 heavy (non-hydrogen) atoms. The van der Waals surface area contributed by atoms with Crippen molar-refractivity contribution in [2.75, 3.05) is 40.5 Å². The first-order chi connectivity index (χ1) is 14.0. The predicted molar refractivity (Wildman–Crippen MR) is 109 cm³/mol. The van der Waals surface area contributed by atoms with E-state index in [1.165, 1.54) is 14.2 Å². The number of carbonyl (C=O) groups excluding carboxylic acids is 3. The van der Waals surface area contributed by atoms with Crippen molar-refractivity contribution >= 4 is 17.7 Å². The van der Waals surface area contributed by atoms with Gasteiger partial charge in [0.1, 0.15) is 18.4 Å². The Balaban J connectivity index is 2.08. The van der Waals surface area contributed by atoms with Crippen LogP contribution in [0.25, 0.3) is 0 Å². The number of methoxy groups -OCH3 is 2. The van der Waals surface area contributed by atoms with Crippen LogP contribution in [0.5, 0.6) is 5.75 Å². The second kappa shape index (κ2) is 11.4. The van der Waals surface area contributed by atoms with Crippen molar-refractivity contribution in [3.05, 3.63) is 29.8 Å². The van der Waals surface area contributed by atoms with Gasteiger partial charge in [-0.25, -0.2) is 0 Å². The average molecular weight is 405 g/mol. The summed E-state index contributed by atoms with van der Waals surface area (Å²) >= 11 is 0. The summed E-state index contributed by atoms with van der Waals surface area (Å²) in [7, 11) is 3.03. The first-order valence-corrected chi connectivity index (χ1v) is 9.99. The Kier molecular flexibility index (Phi) is 8.92. The molecule has 1 heterocycles. The number of rotatable bonds is 9. The van der Waals surface area contributed by atoms with Gasteiger partial charge < -0.3 is 25.0 Å². The maximum absolute atomic E-state index is 12.8. The molecule has 0 spiro atoms. The second-order valence-corrected chi connectivity index (χ2v) is 7.13. The molecule has 1 atom stereocenters. The fourth-order valence-corrected chi connectivity index (χ4v) is 3.44. The Morgan fingerprint density at radius 2 is 1.93 bits per heavy atom. The number of likely N-dealkylation sites (tertiary alicyclic amines) is 1. The molecule has 0 bridgehead atoms. The molecule has 2 N–H and O–H groups in total. The molecule has 1 saturated heterocycles. The van der Waals surface area contributed by atoms with E-state index in [-0.39, 0.29) is 30.2 Å². The Morgan fingerprint density at radius 3 is 2.55 bits per heavy atom. The van der Waals surface area contributed by atoms with Crippen molar-refractivity contribution in [2.45, 2.75) is 32.2 Å². The number of amides is 3. The molecule has 0 aromatic heterocycles. The molecule has 8 nitrogen and oxygen atoms in total. The molecule has 1 aromatic carbocycles. The van der Waals surface area contributed by atoms with Gasteiger partial charge in [0.05, 0.1) is 7.11 Å². The van der Waals surface area contributed by atoms with Gasteiger partial charge in [0, 0.05) is 32.3 Å². The highest BCUT2D eigenvalue weighted by atomic mass is 16.5. The van der Waals surface area contributed by atoms with E-state index in [0.717, 1.165) is 6.42 Å². The standard InChI is InChI=1S/C21H31N3O5/c1-4-10-22-21(27)19(15-8-11-24(12-9-15)18(25)14-28-2)23-20(26)16-6-5-7-17(13-16)29-3/h5-7,13,15,19H,4,8-12,14H2,1-3H3,(H,22,27)(H,23,26). The summed E-state index contributed by atoms with van der Waals surface area (Å²) in [5, 5.41) is 5.78. The highest BCUT2D eigenvalue weighted by Gasteiger charge is 2.33. The van der Waals surface area contributed by atoms with Crippen molar-refractivity contribution in [3.8, 4) is 5.75 Å². The van der Waals surface area contributed by atoms with Crippen LogP contribution in [0.4, 0.5) is 0 Å². The van der Waals surface area contributed by atoms with Gasteiger partial charge in [-0.15, -0.1) is 0 Å². The minimum Gasteiger partial charge on any atom is -0.497 e. The third-order valence-corrected chi connectivity index (χ3v) is 5.08. The van der Waals surface area contributed by atoms with Crippen molar-refractivity contribution in [2.24, 2.45) is 5.92 Å². The van der Waals surface area contributed by atoms with Gasteiger partial charge in [-0.05, 0) is 43.4 Å². The molecule has 1 fully saturated rings. The van der Waals surface area contributed by atoms with E-state index in [1.807, 2.05) is 6.92 Å². The summed E-state index contributed by atoms with van der Waals surface area (Å²) in [5.74, 6) is -0.0378. The summed E-state index contributed by atoms with van der Waals surface area (Å²) in [5.41, 5.74) is 0.436. The Hall–Kier alpha value is -2.61. The van der Waals surface area contributed by atoms with Gasteiger partial charge in [-0.2, -0.15) is 0 Å². The van der Waals surface area contributed by atoms with Crippen molar-refractivity contribution in [1.82, 2.24) is 15.5 Å². The van der Waals surface area contributed by atoms with Gasteiger partial charge in [0.2, 0.25) is 11.8 Å². The molecule has 1 aliphatic heterocycles. The predicted octanol–water partition coefficient (Wildman–Crippen LogP) is 1.20. The molecule has 2 rings (SSSR count). The molecule has 1 aliphatic rings. The van der Waals surface area contributed by atoms with Crippen LogP contribution < -0.4 is 15.4 Å². The summed E-state index contributed by atoms with van der Waals surface area (Å²) in [4.78, 5) is 39.3. The lowest BCUT2D eigenvalue weighted by Gasteiger charge is -2.35. The van der Waals surface area contributed by atoms with Crippen LogP contribution in [0, 0.1) is 5.92 Å². The minimum absolute atomic E-state index is 0.0481. The van der Waals surface area contributed by atoms with Crippen LogP contribution in [0.15, 0.2) is 24.3 Å². The molecule has 8 heteroatoms. The molecule has 0 aliphatic carbocycles. The van der Waals surface area contributed by atoms with Crippen LogP contribution in [-0.4, -0.2) is 69.1 Å². The monoisotopic (exact) mass is 405 g/mol. The molecule has 0 saturated carbocycles. The van der Waals surface area contributed by atoms with Crippen LogP contribution >= 0.6 is 0 Å². The van der Waals surface area contributed by atoms with Crippen molar-refractivity contribution < 1.29 is 23.9 Å². The third kappa shape index (κ3) is 6.45. The van der Waals surface area contributed by atoms with Gasteiger partial charge in [-0.3, -0.25) is 14.4 Å². The van der Waals surface area contributed by atoms with E-state index < -0.39 is 6.04 Å². The Bertz CT molecular complexity index is 701. The SMILES string of the molecule is CCCNC(=O)C(NC(=O)c1cccc(OC)c1)C1CCN(C(=O)COC)CC1. The van der Waals surface area contributed by atoms with Gasteiger partial charge in [-0.1, -0.05) is 13.0 Å². The third-order valence-electron chi connectivity index (χ3n) is 5.08. The van der Waals surface area contributed by atoms with Crippen LogP contribution in [0.1, 0.15) is 36.5 Å². The number of carbonyl (C=O) groups is 3. The lowest BCUT2D eigenvalue weighted by Crippen LogP contribution is -2.54. The summed E-state index contributed by atoms with van der Waals surface area (Å²) in [6.45, 7) is 3.66. The fraction of sp³-hybridized carbons (Fsp3) is 0.571. The highest BCUT2D eigenvalue weighted by Crippen LogP contribution is 2.22. The molecule has 1 aromatic rings. The number of hydrogen-bond donors (Lipinski definition) is 2. The summed E-state index contributed by atoms with van der Waals surface area (Å²) < 4.78 is 10.1.